The topological polar surface area (TPSA) is 58.2 Å². The van der Waals surface area contributed by atoms with E-state index in [1.165, 1.54) is 36.3 Å². The summed E-state index contributed by atoms with van der Waals surface area (Å²) in [7, 11) is 1.48. The fourth-order valence-corrected chi connectivity index (χ4v) is 3.01. The van der Waals surface area contributed by atoms with Crippen LogP contribution in [0.3, 0.4) is 0 Å². The molecule has 0 radical (unpaired) electrons. The van der Waals surface area contributed by atoms with Crippen molar-refractivity contribution in [3.05, 3.63) is 65.2 Å². The Morgan fingerprint density at radius 2 is 1.93 bits per heavy atom. The number of ether oxygens (including phenoxy) is 1. The number of imidazole rings is 1. The number of hydrogen-bond acceptors (Lipinski definition) is 3. The normalized spacial score (nSPS) is 12.5. The van der Waals surface area contributed by atoms with Gasteiger partial charge in [0.25, 0.3) is 5.91 Å². The van der Waals surface area contributed by atoms with Crippen LogP contribution < -0.4 is 0 Å². The average molecular weight is 446 g/mol. The lowest BCUT2D eigenvalue weighted by Crippen LogP contribution is -2.40. The lowest BCUT2D eigenvalue weighted by Gasteiger charge is -2.29. The quantitative estimate of drug-likeness (QED) is 0.553. The standard InChI is InChI=1S/C20H19F4N3O2.ClH/c1-12(11-29-2)27(10-14-5-3-4-6-15(14)21)18(28)13-7-8-16-17(9-13)26-19(25-16)20(22,23)24;/h3-9,12H,10-11H2,1-2H3,(H,25,26);1H. The predicted molar refractivity (Wildman–Crippen MR) is 106 cm³/mol. The van der Waals surface area contributed by atoms with E-state index in [1.54, 1.807) is 25.1 Å². The molecule has 30 heavy (non-hydrogen) atoms. The number of fused-ring (bicyclic) bond motifs is 1. The molecule has 0 saturated heterocycles. The zero-order chi connectivity index (χ0) is 21.2. The molecule has 1 amide bonds. The van der Waals surface area contributed by atoms with Gasteiger partial charge < -0.3 is 14.6 Å². The van der Waals surface area contributed by atoms with Gasteiger partial charge in [-0.25, -0.2) is 9.37 Å². The Labute approximate surface area is 176 Å². The highest BCUT2D eigenvalue weighted by atomic mass is 35.5. The maximum absolute atomic E-state index is 14.1. The van der Waals surface area contributed by atoms with Crippen LogP contribution in [0, 0.1) is 5.82 Å². The number of alkyl halides is 3. The first-order valence-corrected chi connectivity index (χ1v) is 8.81. The highest BCUT2D eigenvalue weighted by Crippen LogP contribution is 2.29. The van der Waals surface area contributed by atoms with E-state index < -0.39 is 29.8 Å². The molecule has 1 unspecified atom stereocenters. The van der Waals surface area contributed by atoms with Gasteiger partial charge in [-0.3, -0.25) is 4.79 Å². The SMILES string of the molecule is COCC(C)N(Cc1ccccc1F)C(=O)c1ccc2nc(C(F)(F)F)[nH]c2c1.Cl. The van der Waals surface area contributed by atoms with Gasteiger partial charge in [-0.05, 0) is 31.2 Å². The third-order valence-electron chi connectivity index (χ3n) is 4.50. The molecule has 0 aliphatic carbocycles. The van der Waals surface area contributed by atoms with Crippen molar-refractivity contribution in [1.29, 1.82) is 0 Å². The molecule has 162 valence electrons. The lowest BCUT2D eigenvalue weighted by atomic mass is 10.1. The second-order valence-electron chi connectivity index (χ2n) is 6.64. The molecule has 1 heterocycles. The molecule has 0 bridgehead atoms. The number of aromatic amines is 1. The number of carbonyl (C=O) groups excluding carboxylic acids is 1. The van der Waals surface area contributed by atoms with E-state index in [0.29, 0.717) is 5.56 Å². The molecule has 1 atom stereocenters. The molecule has 5 nitrogen and oxygen atoms in total. The number of nitrogens with one attached hydrogen (secondary N) is 1. The molecule has 1 N–H and O–H groups in total. The Balaban J connectivity index is 0.00000320. The van der Waals surface area contributed by atoms with Crippen LogP contribution in [-0.2, 0) is 17.5 Å². The number of benzene rings is 2. The van der Waals surface area contributed by atoms with E-state index in [2.05, 4.69) is 9.97 Å². The zero-order valence-corrected chi connectivity index (χ0v) is 17.0. The van der Waals surface area contributed by atoms with E-state index in [1.807, 2.05) is 0 Å². The maximum atomic E-state index is 14.1. The van der Waals surface area contributed by atoms with Crippen LogP contribution in [0.4, 0.5) is 17.6 Å². The van der Waals surface area contributed by atoms with Crippen molar-refractivity contribution in [2.45, 2.75) is 25.7 Å². The summed E-state index contributed by atoms with van der Waals surface area (Å²) < 4.78 is 57.8. The van der Waals surface area contributed by atoms with Gasteiger partial charge in [-0.2, -0.15) is 13.2 Å². The fraction of sp³-hybridized carbons (Fsp3) is 0.300. The minimum atomic E-state index is -4.62. The molecule has 0 fully saturated rings. The van der Waals surface area contributed by atoms with Crippen molar-refractivity contribution in [3.8, 4) is 0 Å². The highest BCUT2D eigenvalue weighted by Gasteiger charge is 2.35. The van der Waals surface area contributed by atoms with E-state index in [4.69, 9.17) is 4.74 Å². The number of methoxy groups -OCH3 is 1. The average Bonchev–Trinajstić information content (AvgIpc) is 3.11. The molecule has 0 spiro atoms. The number of H-pyrrole nitrogens is 1. The van der Waals surface area contributed by atoms with Crippen molar-refractivity contribution in [3.63, 3.8) is 0 Å². The largest absolute Gasteiger partial charge is 0.449 e. The van der Waals surface area contributed by atoms with Gasteiger partial charge in [0.15, 0.2) is 0 Å². The molecule has 3 aromatic rings. The highest BCUT2D eigenvalue weighted by molar-refractivity contribution is 5.97. The summed E-state index contributed by atoms with van der Waals surface area (Å²) in [5.41, 5.74) is 0.674. The smallest absolute Gasteiger partial charge is 0.383 e. The fourth-order valence-electron chi connectivity index (χ4n) is 3.01. The second-order valence-corrected chi connectivity index (χ2v) is 6.64. The van der Waals surface area contributed by atoms with Crippen LogP contribution in [0.25, 0.3) is 11.0 Å². The van der Waals surface area contributed by atoms with Crippen LogP contribution in [0.2, 0.25) is 0 Å². The Kier molecular flexibility index (Phi) is 7.44. The number of nitrogens with zero attached hydrogens (tertiary/aromatic N) is 2. The van der Waals surface area contributed by atoms with Gasteiger partial charge >= 0.3 is 6.18 Å². The molecular formula is C20H20ClF4N3O2. The van der Waals surface area contributed by atoms with Crippen LogP contribution in [0.15, 0.2) is 42.5 Å². The molecule has 0 aliphatic heterocycles. The minimum Gasteiger partial charge on any atom is -0.383 e. The molecule has 2 aromatic carbocycles. The lowest BCUT2D eigenvalue weighted by molar-refractivity contribution is -0.144. The first-order chi connectivity index (χ1) is 13.7. The summed E-state index contributed by atoms with van der Waals surface area (Å²) in [4.78, 5) is 20.2. The Morgan fingerprint density at radius 3 is 2.57 bits per heavy atom. The summed E-state index contributed by atoms with van der Waals surface area (Å²) in [6, 6.07) is 9.75. The summed E-state index contributed by atoms with van der Waals surface area (Å²) in [5.74, 6) is -2.04. The van der Waals surface area contributed by atoms with Crippen molar-refractivity contribution in [2.24, 2.45) is 0 Å². The number of halogens is 5. The van der Waals surface area contributed by atoms with Gasteiger partial charge in [-0.1, -0.05) is 18.2 Å². The third-order valence-corrected chi connectivity index (χ3v) is 4.50. The number of carbonyl (C=O) groups is 1. The Morgan fingerprint density at radius 1 is 1.23 bits per heavy atom. The van der Waals surface area contributed by atoms with E-state index >= 15 is 0 Å². The summed E-state index contributed by atoms with van der Waals surface area (Å²) in [6.45, 7) is 1.95. The molecule has 1 aromatic heterocycles. The molecular weight excluding hydrogens is 426 g/mol. The number of aromatic nitrogens is 2. The molecule has 10 heteroatoms. The predicted octanol–water partition coefficient (Wildman–Crippen LogP) is 4.82. The minimum absolute atomic E-state index is 0. The van der Waals surface area contributed by atoms with E-state index in [-0.39, 0.29) is 42.2 Å². The van der Waals surface area contributed by atoms with Crippen molar-refractivity contribution in [1.82, 2.24) is 14.9 Å². The van der Waals surface area contributed by atoms with E-state index in [9.17, 15) is 22.4 Å². The second kappa shape index (κ2) is 9.44. The number of rotatable bonds is 6. The van der Waals surface area contributed by atoms with Crippen LogP contribution in [-0.4, -0.2) is 40.5 Å². The zero-order valence-electron chi connectivity index (χ0n) is 16.2. The van der Waals surface area contributed by atoms with Gasteiger partial charge in [0.05, 0.1) is 23.7 Å². The van der Waals surface area contributed by atoms with Crippen molar-refractivity contribution < 1.29 is 27.1 Å². The number of hydrogen-bond donors (Lipinski definition) is 1. The van der Waals surface area contributed by atoms with Gasteiger partial charge in [0, 0.05) is 24.8 Å². The first kappa shape index (κ1) is 23.6. The van der Waals surface area contributed by atoms with Gasteiger partial charge in [0.2, 0.25) is 5.82 Å². The summed E-state index contributed by atoms with van der Waals surface area (Å²) >= 11 is 0. The Hall–Kier alpha value is -2.65. The van der Waals surface area contributed by atoms with Gasteiger partial charge in [0.1, 0.15) is 5.82 Å². The molecule has 0 saturated carbocycles. The summed E-state index contributed by atoms with van der Waals surface area (Å²) in [6.07, 6.45) is -4.62. The summed E-state index contributed by atoms with van der Waals surface area (Å²) in [5, 5.41) is 0. The Bertz CT molecular complexity index is 1020. The molecule has 3 rings (SSSR count). The number of amides is 1. The monoisotopic (exact) mass is 445 g/mol. The van der Waals surface area contributed by atoms with Crippen molar-refractivity contribution in [2.75, 3.05) is 13.7 Å². The maximum Gasteiger partial charge on any atom is 0.449 e. The van der Waals surface area contributed by atoms with Crippen LogP contribution in [0.1, 0.15) is 28.7 Å². The van der Waals surface area contributed by atoms with Crippen LogP contribution in [0.5, 0.6) is 0 Å². The van der Waals surface area contributed by atoms with Crippen LogP contribution >= 0.6 is 12.4 Å². The third kappa shape index (κ3) is 5.09. The van der Waals surface area contributed by atoms with E-state index in [0.717, 1.165) is 0 Å². The van der Waals surface area contributed by atoms with Crippen molar-refractivity contribution >= 4 is 29.3 Å². The first-order valence-electron chi connectivity index (χ1n) is 8.81. The van der Waals surface area contributed by atoms with Gasteiger partial charge in [-0.15, -0.1) is 12.4 Å². The molecule has 0 aliphatic rings.